The molecule has 1 aromatic rings. The van der Waals surface area contributed by atoms with Gasteiger partial charge < -0.3 is 15.2 Å². The van der Waals surface area contributed by atoms with Gasteiger partial charge in [-0.25, -0.2) is 0 Å². The zero-order chi connectivity index (χ0) is 17.0. The molecule has 2 rings (SSSR count). The van der Waals surface area contributed by atoms with Crippen molar-refractivity contribution in [2.75, 3.05) is 7.11 Å². The number of carboxylic acid groups (broad SMARTS) is 1. The fourth-order valence-electron chi connectivity index (χ4n) is 1.74. The Balaban J connectivity index is 2.07. The van der Waals surface area contributed by atoms with E-state index in [4.69, 9.17) is 21.4 Å². The molecule has 1 aromatic carbocycles. The number of carbonyl (C=O) groups excluding carboxylic acids is 1. The summed E-state index contributed by atoms with van der Waals surface area (Å²) in [6, 6.07) is 3.41. The molecule has 7 nitrogen and oxygen atoms in total. The first-order valence-corrected chi connectivity index (χ1v) is 8.29. The number of hydrogen-bond donors (Lipinski definition) is 2. The number of ether oxygens (including phenoxy) is 1. The third-order valence-electron chi connectivity index (χ3n) is 2.72. The van der Waals surface area contributed by atoms with Gasteiger partial charge in [-0.05, 0) is 33.6 Å². The smallest absolute Gasteiger partial charge is 0.305 e. The van der Waals surface area contributed by atoms with Gasteiger partial charge in [0.05, 0.1) is 29.2 Å². The molecule has 1 amide bonds. The summed E-state index contributed by atoms with van der Waals surface area (Å²) in [4.78, 5) is 22.2. The number of thioether (sulfide) groups is 1. The van der Waals surface area contributed by atoms with Crippen LogP contribution in [0.5, 0.6) is 5.75 Å². The molecule has 23 heavy (non-hydrogen) atoms. The van der Waals surface area contributed by atoms with Crippen molar-refractivity contribution >= 4 is 62.6 Å². The molecule has 0 spiro atoms. The number of carbonyl (C=O) groups is 2. The van der Waals surface area contributed by atoms with Crippen molar-refractivity contribution in [2.45, 2.75) is 11.7 Å². The monoisotopic (exact) mass is 419 g/mol. The number of benzene rings is 1. The van der Waals surface area contributed by atoms with Crippen LogP contribution in [0.3, 0.4) is 0 Å². The van der Waals surface area contributed by atoms with Crippen LogP contribution in [0.1, 0.15) is 12.0 Å². The van der Waals surface area contributed by atoms with Gasteiger partial charge in [0.2, 0.25) is 5.91 Å². The molecule has 0 bridgehead atoms. The Hall–Kier alpha value is -1.58. The normalized spacial score (nSPS) is 19.3. The number of amidine groups is 1. The van der Waals surface area contributed by atoms with Crippen molar-refractivity contribution in [1.82, 2.24) is 5.32 Å². The summed E-state index contributed by atoms with van der Waals surface area (Å²) >= 11 is 10.4. The zero-order valence-electron chi connectivity index (χ0n) is 11.7. The minimum Gasteiger partial charge on any atom is -0.494 e. The van der Waals surface area contributed by atoms with Crippen LogP contribution in [-0.2, 0) is 9.59 Å². The SMILES string of the molecule is COc1c(Cl)cc(C=NN=C2NC(=O)C(CC(=O)O)S2)cc1Br. The highest BCUT2D eigenvalue weighted by molar-refractivity contribution is 9.10. The average Bonchev–Trinajstić information content (AvgIpc) is 2.78. The number of rotatable bonds is 5. The number of aliphatic carboxylic acids is 1. The maximum absolute atomic E-state index is 11.5. The van der Waals surface area contributed by atoms with Gasteiger partial charge >= 0.3 is 5.97 Å². The summed E-state index contributed by atoms with van der Waals surface area (Å²) in [7, 11) is 1.51. The molecule has 1 unspecified atom stereocenters. The average molecular weight is 421 g/mol. The number of methoxy groups -OCH3 is 1. The first-order valence-electron chi connectivity index (χ1n) is 6.24. The summed E-state index contributed by atoms with van der Waals surface area (Å²) in [5.74, 6) is -0.910. The molecule has 0 radical (unpaired) electrons. The molecule has 2 N–H and O–H groups in total. The lowest BCUT2D eigenvalue weighted by molar-refractivity contribution is -0.138. The van der Waals surface area contributed by atoms with Gasteiger partial charge in [-0.15, -0.1) is 5.10 Å². The first-order chi connectivity index (χ1) is 10.9. The zero-order valence-corrected chi connectivity index (χ0v) is 14.9. The molecule has 0 saturated carbocycles. The summed E-state index contributed by atoms with van der Waals surface area (Å²) in [6.07, 6.45) is 1.20. The van der Waals surface area contributed by atoms with E-state index in [1.54, 1.807) is 12.1 Å². The number of hydrogen-bond acceptors (Lipinski definition) is 6. The quantitative estimate of drug-likeness (QED) is 0.563. The number of carboxylic acids is 1. The van der Waals surface area contributed by atoms with Crippen LogP contribution in [0.4, 0.5) is 0 Å². The fourth-order valence-corrected chi connectivity index (χ4v) is 3.72. The van der Waals surface area contributed by atoms with Gasteiger partial charge in [0.15, 0.2) is 10.9 Å². The fraction of sp³-hybridized carbons (Fsp3) is 0.231. The van der Waals surface area contributed by atoms with E-state index in [0.29, 0.717) is 20.8 Å². The van der Waals surface area contributed by atoms with E-state index < -0.39 is 11.2 Å². The number of nitrogens with zero attached hydrogens (tertiary/aromatic N) is 2. The molecule has 10 heteroatoms. The molecule has 1 saturated heterocycles. The van der Waals surface area contributed by atoms with E-state index in [-0.39, 0.29) is 17.5 Å². The molecule has 122 valence electrons. The lowest BCUT2D eigenvalue weighted by Crippen LogP contribution is -2.26. The highest BCUT2D eigenvalue weighted by atomic mass is 79.9. The number of amides is 1. The highest BCUT2D eigenvalue weighted by Gasteiger charge is 2.32. The van der Waals surface area contributed by atoms with Crippen LogP contribution < -0.4 is 10.1 Å². The topological polar surface area (TPSA) is 100 Å². The number of nitrogens with one attached hydrogen (secondary N) is 1. The van der Waals surface area contributed by atoms with E-state index in [1.807, 2.05) is 0 Å². The molecule has 0 aromatic heterocycles. The van der Waals surface area contributed by atoms with Gasteiger partial charge in [0, 0.05) is 0 Å². The lowest BCUT2D eigenvalue weighted by atomic mass is 10.2. The second kappa shape index (κ2) is 7.80. The molecule has 1 aliphatic heterocycles. The van der Waals surface area contributed by atoms with E-state index in [9.17, 15) is 9.59 Å². The van der Waals surface area contributed by atoms with Gasteiger partial charge in [0.25, 0.3) is 0 Å². The minimum absolute atomic E-state index is 0.260. The molecule has 1 aliphatic rings. The predicted molar refractivity (Wildman–Crippen MR) is 92.5 cm³/mol. The Morgan fingerprint density at radius 2 is 2.35 bits per heavy atom. The predicted octanol–water partition coefficient (Wildman–Crippen LogP) is 2.51. The Kier molecular flexibility index (Phi) is 6.03. The van der Waals surface area contributed by atoms with Crippen molar-refractivity contribution in [1.29, 1.82) is 0 Å². The molecule has 1 atom stereocenters. The highest BCUT2D eigenvalue weighted by Crippen LogP contribution is 2.33. The summed E-state index contributed by atoms with van der Waals surface area (Å²) < 4.78 is 5.79. The van der Waals surface area contributed by atoms with Crippen LogP contribution >= 0.6 is 39.3 Å². The van der Waals surface area contributed by atoms with Crippen molar-refractivity contribution in [3.8, 4) is 5.75 Å². The van der Waals surface area contributed by atoms with Gasteiger partial charge in [-0.3, -0.25) is 9.59 Å². The molecule has 1 fully saturated rings. The Bertz CT molecular complexity index is 687. The third-order valence-corrected chi connectivity index (χ3v) is 4.66. The summed E-state index contributed by atoms with van der Waals surface area (Å²) in [5.41, 5.74) is 0.684. The summed E-state index contributed by atoms with van der Waals surface area (Å²) in [5, 5.41) is 18.9. The van der Waals surface area contributed by atoms with Crippen LogP contribution in [0, 0.1) is 0 Å². The molecule has 1 heterocycles. The Morgan fingerprint density at radius 3 is 2.96 bits per heavy atom. The van der Waals surface area contributed by atoms with E-state index >= 15 is 0 Å². The van der Waals surface area contributed by atoms with Crippen molar-refractivity contribution in [3.05, 3.63) is 27.2 Å². The third kappa shape index (κ3) is 4.69. The van der Waals surface area contributed by atoms with Gasteiger partial charge in [-0.2, -0.15) is 5.10 Å². The Morgan fingerprint density at radius 1 is 1.61 bits per heavy atom. The van der Waals surface area contributed by atoms with Gasteiger partial charge in [0.1, 0.15) is 5.25 Å². The minimum atomic E-state index is -1.04. The Labute approximate surface area is 149 Å². The maximum atomic E-state index is 11.5. The van der Waals surface area contributed by atoms with Crippen LogP contribution in [0.2, 0.25) is 5.02 Å². The van der Waals surface area contributed by atoms with Crippen molar-refractivity contribution in [3.63, 3.8) is 0 Å². The molecular weight excluding hydrogens is 410 g/mol. The van der Waals surface area contributed by atoms with E-state index in [2.05, 4.69) is 31.4 Å². The van der Waals surface area contributed by atoms with Gasteiger partial charge in [-0.1, -0.05) is 23.4 Å². The first kappa shape index (κ1) is 17.8. The standard InChI is InChI=1S/C13H11BrClN3O4S/c1-22-11-7(14)2-6(3-8(11)15)5-16-18-13-17-12(21)9(23-13)4-10(19)20/h2-3,5,9H,4H2,1H3,(H,19,20)(H,17,18,21). The number of halogens is 2. The van der Waals surface area contributed by atoms with Crippen molar-refractivity contribution in [2.24, 2.45) is 10.2 Å². The van der Waals surface area contributed by atoms with E-state index in [0.717, 1.165) is 11.8 Å². The second-order valence-corrected chi connectivity index (χ2v) is 6.81. The van der Waals surface area contributed by atoms with Crippen LogP contribution in [0.25, 0.3) is 0 Å². The molecule has 0 aliphatic carbocycles. The van der Waals surface area contributed by atoms with Crippen LogP contribution in [0.15, 0.2) is 26.8 Å². The second-order valence-electron chi connectivity index (χ2n) is 4.36. The largest absolute Gasteiger partial charge is 0.494 e. The van der Waals surface area contributed by atoms with Crippen molar-refractivity contribution < 1.29 is 19.4 Å². The maximum Gasteiger partial charge on any atom is 0.305 e. The lowest BCUT2D eigenvalue weighted by Gasteiger charge is -2.06. The molecular formula is C13H11BrClN3O4S. The van der Waals surface area contributed by atoms with Crippen LogP contribution in [-0.4, -0.2) is 40.7 Å². The van der Waals surface area contributed by atoms with E-state index in [1.165, 1.54) is 13.3 Å². The summed E-state index contributed by atoms with van der Waals surface area (Å²) in [6.45, 7) is 0.